The molecule has 1 rings (SSSR count). The number of hydrogen-bond acceptors (Lipinski definition) is 0. The SMILES string of the molecule is Fc1ccc(Cl)cc1.P. The molecular formula is C6H7ClFP. The molecule has 0 amide bonds. The Morgan fingerprint density at radius 2 is 1.56 bits per heavy atom. The van der Waals surface area contributed by atoms with Crippen LogP contribution in [0, 0.1) is 5.82 Å². The summed E-state index contributed by atoms with van der Waals surface area (Å²) in [4.78, 5) is 0. The summed E-state index contributed by atoms with van der Waals surface area (Å²) in [7, 11) is 0. The highest BCUT2D eigenvalue weighted by Crippen LogP contribution is 2.07. The van der Waals surface area contributed by atoms with Crippen LogP contribution in [0.3, 0.4) is 0 Å². The zero-order valence-corrected chi connectivity index (χ0v) is 6.94. The number of hydrogen-bond donors (Lipinski definition) is 0. The molecule has 0 heterocycles. The van der Waals surface area contributed by atoms with Gasteiger partial charge in [-0.2, -0.15) is 9.90 Å². The van der Waals surface area contributed by atoms with E-state index in [4.69, 9.17) is 11.6 Å². The van der Waals surface area contributed by atoms with Crippen molar-refractivity contribution in [2.24, 2.45) is 0 Å². The van der Waals surface area contributed by atoms with Crippen molar-refractivity contribution < 1.29 is 4.39 Å². The maximum absolute atomic E-state index is 12.0. The molecule has 0 aliphatic rings. The molecule has 50 valence electrons. The Morgan fingerprint density at radius 3 is 1.89 bits per heavy atom. The molecule has 0 saturated heterocycles. The van der Waals surface area contributed by atoms with Crippen LogP contribution < -0.4 is 0 Å². The molecule has 0 aromatic heterocycles. The number of benzene rings is 1. The minimum absolute atomic E-state index is 0. The smallest absolute Gasteiger partial charge is 0.123 e. The van der Waals surface area contributed by atoms with Crippen LogP contribution in [-0.4, -0.2) is 0 Å². The van der Waals surface area contributed by atoms with Gasteiger partial charge in [0.25, 0.3) is 0 Å². The van der Waals surface area contributed by atoms with E-state index in [-0.39, 0.29) is 15.7 Å². The maximum atomic E-state index is 12.0. The number of rotatable bonds is 0. The van der Waals surface area contributed by atoms with Crippen molar-refractivity contribution in [3.8, 4) is 0 Å². The van der Waals surface area contributed by atoms with Gasteiger partial charge in [-0.3, -0.25) is 0 Å². The first-order chi connectivity index (χ1) is 3.79. The van der Waals surface area contributed by atoms with Gasteiger partial charge < -0.3 is 0 Å². The molecule has 0 N–H and O–H groups in total. The Balaban J connectivity index is 0.000000640. The average Bonchev–Trinajstić information content (AvgIpc) is 1.77. The summed E-state index contributed by atoms with van der Waals surface area (Å²) in [5.74, 6) is -0.255. The lowest BCUT2D eigenvalue weighted by Crippen LogP contribution is -1.67. The summed E-state index contributed by atoms with van der Waals surface area (Å²) >= 11 is 5.44. The zero-order chi connectivity index (χ0) is 5.98. The van der Waals surface area contributed by atoms with Gasteiger partial charge in [-0.05, 0) is 24.3 Å². The predicted molar refractivity (Wildman–Crippen MR) is 42.5 cm³/mol. The second-order valence-electron chi connectivity index (χ2n) is 1.44. The lowest BCUT2D eigenvalue weighted by atomic mass is 10.4. The van der Waals surface area contributed by atoms with E-state index in [9.17, 15) is 4.39 Å². The van der Waals surface area contributed by atoms with E-state index in [0.29, 0.717) is 5.02 Å². The van der Waals surface area contributed by atoms with Crippen molar-refractivity contribution in [3.05, 3.63) is 35.1 Å². The summed E-state index contributed by atoms with van der Waals surface area (Å²) in [5, 5.41) is 0.561. The molecule has 0 bridgehead atoms. The normalized spacial score (nSPS) is 8.22. The standard InChI is InChI=1S/C6H4ClF.H3P/c7-5-1-3-6(8)4-2-5;/h1-4H;1H3. The quantitative estimate of drug-likeness (QED) is 0.517. The highest BCUT2D eigenvalue weighted by Gasteiger charge is 1.85. The van der Waals surface area contributed by atoms with E-state index in [2.05, 4.69) is 0 Å². The van der Waals surface area contributed by atoms with Gasteiger partial charge in [0.1, 0.15) is 5.82 Å². The van der Waals surface area contributed by atoms with Gasteiger partial charge >= 0.3 is 0 Å². The van der Waals surface area contributed by atoms with Crippen molar-refractivity contribution in [2.45, 2.75) is 0 Å². The second kappa shape index (κ2) is 3.81. The van der Waals surface area contributed by atoms with Gasteiger partial charge in [-0.1, -0.05) is 11.6 Å². The Morgan fingerprint density at radius 1 is 1.11 bits per heavy atom. The third-order valence-corrected chi connectivity index (χ3v) is 1.06. The van der Waals surface area contributed by atoms with Gasteiger partial charge in [0.05, 0.1) is 0 Å². The topological polar surface area (TPSA) is 0 Å². The highest BCUT2D eigenvalue weighted by atomic mass is 35.5. The lowest BCUT2D eigenvalue weighted by molar-refractivity contribution is 0.628. The largest absolute Gasteiger partial charge is 0.207 e. The fourth-order valence-electron chi connectivity index (χ4n) is 0.430. The first kappa shape index (κ1) is 8.87. The van der Waals surface area contributed by atoms with Crippen molar-refractivity contribution in [1.82, 2.24) is 0 Å². The van der Waals surface area contributed by atoms with Crippen LogP contribution >= 0.6 is 21.5 Å². The van der Waals surface area contributed by atoms with Gasteiger partial charge in [-0.25, -0.2) is 4.39 Å². The summed E-state index contributed by atoms with van der Waals surface area (Å²) < 4.78 is 12.0. The Kier molecular flexibility index (Phi) is 3.76. The van der Waals surface area contributed by atoms with Gasteiger partial charge in [0.15, 0.2) is 0 Å². The number of halogens is 2. The van der Waals surface area contributed by atoms with Gasteiger partial charge in [0, 0.05) is 5.02 Å². The van der Waals surface area contributed by atoms with E-state index < -0.39 is 0 Å². The summed E-state index contributed by atoms with van der Waals surface area (Å²) in [6.45, 7) is 0. The molecule has 1 unspecified atom stereocenters. The molecule has 1 aromatic carbocycles. The molecule has 0 spiro atoms. The fourth-order valence-corrected chi connectivity index (χ4v) is 0.556. The van der Waals surface area contributed by atoms with Crippen molar-refractivity contribution in [3.63, 3.8) is 0 Å². The van der Waals surface area contributed by atoms with Crippen LogP contribution in [0.5, 0.6) is 0 Å². The molecule has 0 aliphatic carbocycles. The monoisotopic (exact) mass is 164 g/mol. The van der Waals surface area contributed by atoms with Crippen LogP contribution in [0.15, 0.2) is 24.3 Å². The van der Waals surface area contributed by atoms with Crippen LogP contribution in [0.25, 0.3) is 0 Å². The van der Waals surface area contributed by atoms with Crippen molar-refractivity contribution >= 4 is 21.5 Å². The summed E-state index contributed by atoms with van der Waals surface area (Å²) in [6, 6.07) is 5.67. The third-order valence-electron chi connectivity index (χ3n) is 0.804. The third kappa shape index (κ3) is 2.78. The first-order valence-electron chi connectivity index (χ1n) is 2.20. The second-order valence-corrected chi connectivity index (χ2v) is 1.87. The molecular weight excluding hydrogens is 157 g/mol. The minimum atomic E-state index is -0.255. The van der Waals surface area contributed by atoms with E-state index in [1.54, 1.807) is 0 Å². The Hall–Kier alpha value is -0.130. The molecule has 0 nitrogen and oxygen atoms in total. The Bertz CT molecular complexity index is 152. The van der Waals surface area contributed by atoms with Gasteiger partial charge in [0.2, 0.25) is 0 Å². The van der Waals surface area contributed by atoms with E-state index >= 15 is 0 Å². The molecule has 0 fully saturated rings. The van der Waals surface area contributed by atoms with Crippen LogP contribution in [0.2, 0.25) is 5.02 Å². The molecule has 0 aliphatic heterocycles. The predicted octanol–water partition coefficient (Wildman–Crippen LogP) is 2.54. The van der Waals surface area contributed by atoms with Crippen LogP contribution in [-0.2, 0) is 0 Å². The van der Waals surface area contributed by atoms with Crippen LogP contribution in [0.4, 0.5) is 4.39 Å². The molecule has 0 saturated carbocycles. The summed E-state index contributed by atoms with van der Waals surface area (Å²) in [5.41, 5.74) is 0. The highest BCUT2D eigenvalue weighted by molar-refractivity contribution is 6.92. The first-order valence-corrected chi connectivity index (χ1v) is 2.58. The van der Waals surface area contributed by atoms with Crippen molar-refractivity contribution in [2.75, 3.05) is 0 Å². The van der Waals surface area contributed by atoms with E-state index in [1.807, 2.05) is 0 Å². The Labute approximate surface area is 61.7 Å². The lowest BCUT2D eigenvalue weighted by Gasteiger charge is -1.84. The zero-order valence-electron chi connectivity index (χ0n) is 4.77. The average molecular weight is 165 g/mol. The van der Waals surface area contributed by atoms with Gasteiger partial charge in [-0.15, -0.1) is 0 Å². The van der Waals surface area contributed by atoms with E-state index in [0.717, 1.165) is 0 Å². The fraction of sp³-hybridized carbons (Fsp3) is 0. The molecule has 1 aromatic rings. The molecule has 1 atom stereocenters. The van der Waals surface area contributed by atoms with Crippen LogP contribution in [0.1, 0.15) is 0 Å². The molecule has 3 heteroatoms. The van der Waals surface area contributed by atoms with Crippen molar-refractivity contribution in [1.29, 1.82) is 0 Å². The molecule has 9 heavy (non-hydrogen) atoms. The molecule has 0 radical (unpaired) electrons. The maximum Gasteiger partial charge on any atom is 0.123 e. The minimum Gasteiger partial charge on any atom is -0.207 e. The van der Waals surface area contributed by atoms with E-state index in [1.165, 1.54) is 24.3 Å². The summed E-state index contributed by atoms with van der Waals surface area (Å²) in [6.07, 6.45) is 0.